The standard InChI is InChI=1S/C30H18/c1-2-8-19(9-3-1)22-16-17-26-25-13-6-11-21-18-20-10-4-5-12-23(20)30(28(21)25)27-15-7-14-24(22)29(26)27/h1-18H. The van der Waals surface area contributed by atoms with Gasteiger partial charge in [-0.1, -0.05) is 103 Å². The first kappa shape index (κ1) is 16.0. The molecule has 0 bridgehead atoms. The van der Waals surface area contributed by atoms with Crippen LogP contribution < -0.4 is 0 Å². The van der Waals surface area contributed by atoms with Crippen molar-refractivity contribution < 1.29 is 0 Å². The van der Waals surface area contributed by atoms with E-state index in [1.54, 1.807) is 0 Å². The van der Waals surface area contributed by atoms with Crippen LogP contribution in [0, 0.1) is 0 Å². The fraction of sp³-hybridized carbons (Fsp3) is 0. The van der Waals surface area contributed by atoms with Gasteiger partial charge in [0, 0.05) is 0 Å². The molecule has 0 heterocycles. The largest absolute Gasteiger partial charge is 0.0622 e. The Morgan fingerprint density at radius 3 is 1.93 bits per heavy atom. The predicted molar refractivity (Wildman–Crippen MR) is 131 cm³/mol. The fourth-order valence-electron chi connectivity index (χ4n) is 5.34. The third-order valence-electron chi connectivity index (χ3n) is 6.57. The summed E-state index contributed by atoms with van der Waals surface area (Å²) in [6.45, 7) is 0. The molecule has 0 saturated carbocycles. The van der Waals surface area contributed by atoms with E-state index in [0.717, 1.165) is 0 Å². The van der Waals surface area contributed by atoms with Crippen molar-refractivity contribution in [3.8, 4) is 11.1 Å². The second kappa shape index (κ2) is 5.81. The number of fused-ring (bicyclic) bond motifs is 4. The molecule has 7 rings (SSSR count). The monoisotopic (exact) mass is 378 g/mol. The SMILES string of the molecule is c1ccc(-c2ccc3c4cccc5cc6ccccc6c(c6cccc2c36)c54)cc1. The third-order valence-corrected chi connectivity index (χ3v) is 6.57. The van der Waals surface area contributed by atoms with Crippen molar-refractivity contribution in [2.45, 2.75) is 0 Å². The Morgan fingerprint density at radius 2 is 1.00 bits per heavy atom. The van der Waals surface area contributed by atoms with Gasteiger partial charge in [-0.2, -0.15) is 0 Å². The van der Waals surface area contributed by atoms with Gasteiger partial charge in [0.15, 0.2) is 0 Å². The molecule has 0 heteroatoms. The van der Waals surface area contributed by atoms with Gasteiger partial charge in [0.2, 0.25) is 0 Å². The highest BCUT2D eigenvalue weighted by Crippen LogP contribution is 2.45. The van der Waals surface area contributed by atoms with Crippen molar-refractivity contribution in [1.29, 1.82) is 0 Å². The van der Waals surface area contributed by atoms with Crippen LogP contribution >= 0.6 is 0 Å². The second-order valence-electron chi connectivity index (χ2n) is 8.13. The van der Waals surface area contributed by atoms with Crippen LogP contribution in [0.1, 0.15) is 0 Å². The lowest BCUT2D eigenvalue weighted by Gasteiger charge is -2.18. The molecule has 7 aromatic rings. The average Bonchev–Trinajstić information content (AvgIpc) is 2.82. The Bertz CT molecular complexity index is 1720. The van der Waals surface area contributed by atoms with Gasteiger partial charge in [0.05, 0.1) is 0 Å². The topological polar surface area (TPSA) is 0 Å². The Balaban J connectivity index is 1.81. The molecule has 30 heavy (non-hydrogen) atoms. The van der Waals surface area contributed by atoms with Crippen molar-refractivity contribution in [2.75, 3.05) is 0 Å². The summed E-state index contributed by atoms with van der Waals surface area (Å²) in [5.74, 6) is 0. The van der Waals surface area contributed by atoms with Gasteiger partial charge >= 0.3 is 0 Å². The molecule has 0 aliphatic carbocycles. The summed E-state index contributed by atoms with van der Waals surface area (Å²) in [5.41, 5.74) is 2.56. The first-order valence-corrected chi connectivity index (χ1v) is 10.5. The molecular weight excluding hydrogens is 360 g/mol. The molecule has 0 N–H and O–H groups in total. The van der Waals surface area contributed by atoms with Crippen LogP contribution in [-0.4, -0.2) is 0 Å². The summed E-state index contributed by atoms with van der Waals surface area (Å²) in [5, 5.41) is 13.4. The quantitative estimate of drug-likeness (QED) is 0.198. The Kier molecular flexibility index (Phi) is 3.09. The summed E-state index contributed by atoms with van der Waals surface area (Å²) in [6.07, 6.45) is 0. The van der Waals surface area contributed by atoms with Gasteiger partial charge in [-0.05, 0) is 71.1 Å². The summed E-state index contributed by atoms with van der Waals surface area (Å²) in [7, 11) is 0. The van der Waals surface area contributed by atoms with Gasteiger partial charge in [-0.15, -0.1) is 0 Å². The fourth-order valence-corrected chi connectivity index (χ4v) is 5.34. The van der Waals surface area contributed by atoms with Crippen LogP contribution in [0.25, 0.3) is 65.0 Å². The van der Waals surface area contributed by atoms with Crippen LogP contribution in [0.15, 0.2) is 109 Å². The normalized spacial score (nSPS) is 12.0. The highest BCUT2D eigenvalue weighted by molar-refractivity contribution is 6.38. The van der Waals surface area contributed by atoms with Gasteiger partial charge in [0.25, 0.3) is 0 Å². The average molecular weight is 378 g/mol. The van der Waals surface area contributed by atoms with E-state index in [0.29, 0.717) is 0 Å². The van der Waals surface area contributed by atoms with Crippen LogP contribution in [0.2, 0.25) is 0 Å². The molecule has 0 fully saturated rings. The molecule has 0 aliphatic rings. The van der Waals surface area contributed by atoms with E-state index in [9.17, 15) is 0 Å². The molecule has 0 atom stereocenters. The van der Waals surface area contributed by atoms with Crippen LogP contribution in [0.3, 0.4) is 0 Å². The van der Waals surface area contributed by atoms with Crippen molar-refractivity contribution in [3.63, 3.8) is 0 Å². The molecular formula is C30H18. The minimum atomic E-state index is 1.27. The van der Waals surface area contributed by atoms with Crippen molar-refractivity contribution in [1.82, 2.24) is 0 Å². The molecule has 0 saturated heterocycles. The van der Waals surface area contributed by atoms with Crippen molar-refractivity contribution >= 4 is 53.9 Å². The maximum atomic E-state index is 2.33. The smallest absolute Gasteiger partial charge is 0.00141 e. The van der Waals surface area contributed by atoms with E-state index in [4.69, 9.17) is 0 Å². The van der Waals surface area contributed by atoms with E-state index < -0.39 is 0 Å². The summed E-state index contributed by atoms with van der Waals surface area (Å²) < 4.78 is 0. The van der Waals surface area contributed by atoms with E-state index >= 15 is 0 Å². The minimum absolute atomic E-state index is 1.27. The van der Waals surface area contributed by atoms with Crippen molar-refractivity contribution in [3.05, 3.63) is 109 Å². The number of hydrogen-bond donors (Lipinski definition) is 0. The van der Waals surface area contributed by atoms with Gasteiger partial charge in [-0.25, -0.2) is 0 Å². The summed E-state index contributed by atoms with van der Waals surface area (Å²) >= 11 is 0. The third kappa shape index (κ3) is 2.00. The summed E-state index contributed by atoms with van der Waals surface area (Å²) in [6, 6.07) is 40.0. The van der Waals surface area contributed by atoms with E-state index in [1.807, 2.05) is 0 Å². The lowest BCUT2D eigenvalue weighted by molar-refractivity contribution is 1.67. The lowest BCUT2D eigenvalue weighted by Crippen LogP contribution is -1.90. The van der Waals surface area contributed by atoms with Crippen molar-refractivity contribution in [2.24, 2.45) is 0 Å². The Labute approximate surface area is 174 Å². The molecule has 0 unspecified atom stereocenters. The van der Waals surface area contributed by atoms with E-state index in [1.165, 1.54) is 65.0 Å². The number of rotatable bonds is 1. The molecule has 0 aromatic heterocycles. The molecule has 0 nitrogen and oxygen atoms in total. The predicted octanol–water partition coefficient (Wildman–Crippen LogP) is 8.56. The second-order valence-corrected chi connectivity index (χ2v) is 8.13. The molecule has 0 spiro atoms. The zero-order valence-electron chi connectivity index (χ0n) is 16.4. The zero-order valence-corrected chi connectivity index (χ0v) is 16.4. The van der Waals surface area contributed by atoms with Gasteiger partial charge < -0.3 is 0 Å². The number of hydrogen-bond acceptors (Lipinski definition) is 0. The Morgan fingerprint density at radius 1 is 0.333 bits per heavy atom. The molecule has 0 aliphatic heterocycles. The highest BCUT2D eigenvalue weighted by atomic mass is 14.2. The first-order chi connectivity index (χ1) is 14.9. The molecule has 138 valence electrons. The van der Waals surface area contributed by atoms with E-state index in [-0.39, 0.29) is 0 Å². The lowest BCUT2D eigenvalue weighted by atomic mass is 9.85. The van der Waals surface area contributed by atoms with Crippen LogP contribution in [0.5, 0.6) is 0 Å². The van der Waals surface area contributed by atoms with Crippen LogP contribution in [0.4, 0.5) is 0 Å². The number of benzene rings is 7. The highest BCUT2D eigenvalue weighted by Gasteiger charge is 2.16. The Hall–Kier alpha value is -3.90. The zero-order chi connectivity index (χ0) is 19.7. The maximum Gasteiger partial charge on any atom is -0.00141 e. The van der Waals surface area contributed by atoms with Gasteiger partial charge in [0.1, 0.15) is 0 Å². The molecule has 7 aromatic carbocycles. The van der Waals surface area contributed by atoms with E-state index in [2.05, 4.69) is 109 Å². The van der Waals surface area contributed by atoms with Crippen LogP contribution in [-0.2, 0) is 0 Å². The first-order valence-electron chi connectivity index (χ1n) is 10.5. The summed E-state index contributed by atoms with van der Waals surface area (Å²) in [4.78, 5) is 0. The minimum Gasteiger partial charge on any atom is -0.0622 e. The van der Waals surface area contributed by atoms with Gasteiger partial charge in [-0.3, -0.25) is 0 Å². The molecule has 0 amide bonds. The molecule has 0 radical (unpaired) electrons. The maximum absolute atomic E-state index is 2.33.